The largest absolute Gasteiger partial charge is 0.452 e. The number of benzene rings is 2. The number of amides is 1. The van der Waals surface area contributed by atoms with Crippen molar-refractivity contribution in [2.75, 3.05) is 11.9 Å². The third kappa shape index (κ3) is 5.43. The highest BCUT2D eigenvalue weighted by Gasteiger charge is 2.15. The topological polar surface area (TPSA) is 68.3 Å². The Balaban J connectivity index is 1.58. The van der Waals surface area contributed by atoms with Crippen LogP contribution < -0.4 is 5.32 Å². The number of hydrogen-bond donors (Lipinski definition) is 1. The Hall–Kier alpha value is -2.64. The summed E-state index contributed by atoms with van der Waals surface area (Å²) in [7, 11) is 0. The fourth-order valence-corrected chi connectivity index (χ4v) is 4.35. The highest BCUT2D eigenvalue weighted by atomic mass is 32.2. The Kier molecular flexibility index (Phi) is 6.84. The molecule has 7 heteroatoms. The first-order valence-corrected chi connectivity index (χ1v) is 10.5. The van der Waals surface area contributed by atoms with E-state index in [-0.39, 0.29) is 12.5 Å². The third-order valence-corrected chi connectivity index (χ3v) is 6.13. The van der Waals surface area contributed by atoms with E-state index in [1.54, 1.807) is 35.2 Å². The fraction of sp³-hybridized carbons (Fsp3) is 0.190. The molecule has 3 aromatic rings. The number of thiazole rings is 1. The molecule has 0 unspecified atom stereocenters. The summed E-state index contributed by atoms with van der Waals surface area (Å²) in [5.74, 6) is -0.271. The van der Waals surface area contributed by atoms with Crippen LogP contribution in [0.25, 0.3) is 0 Å². The highest BCUT2D eigenvalue weighted by molar-refractivity contribution is 8.00. The van der Waals surface area contributed by atoms with Gasteiger partial charge in [0.25, 0.3) is 5.91 Å². The molecule has 1 amide bonds. The SMILES string of the molecule is Cc1csc(SCc2ccccc2C(=O)OCC(=O)Nc2ccccc2C)n1. The number of aryl methyl sites for hydroxylation is 2. The molecule has 0 radical (unpaired) electrons. The van der Waals surface area contributed by atoms with Gasteiger partial charge in [-0.15, -0.1) is 11.3 Å². The molecule has 144 valence electrons. The summed E-state index contributed by atoms with van der Waals surface area (Å²) in [6.45, 7) is 3.52. The Morgan fingerprint density at radius 2 is 1.86 bits per heavy atom. The lowest BCUT2D eigenvalue weighted by molar-refractivity contribution is -0.119. The molecule has 0 atom stereocenters. The average molecular weight is 413 g/mol. The van der Waals surface area contributed by atoms with E-state index in [0.717, 1.165) is 21.2 Å². The number of esters is 1. The Morgan fingerprint density at radius 1 is 1.11 bits per heavy atom. The number of ether oxygens (including phenoxy) is 1. The predicted octanol–water partition coefficient (Wildman–Crippen LogP) is 4.85. The lowest BCUT2D eigenvalue weighted by atomic mass is 10.1. The summed E-state index contributed by atoms with van der Waals surface area (Å²) in [6, 6.07) is 14.7. The van der Waals surface area contributed by atoms with Gasteiger partial charge in [-0.05, 0) is 37.1 Å². The standard InChI is InChI=1S/C21H20N2O3S2/c1-14-7-3-6-10-18(14)23-19(24)11-26-20(25)17-9-5-4-8-16(17)13-28-21-22-15(2)12-27-21/h3-10,12H,11,13H2,1-2H3,(H,23,24). The summed E-state index contributed by atoms with van der Waals surface area (Å²) in [6.07, 6.45) is 0. The number of aromatic nitrogens is 1. The van der Waals surface area contributed by atoms with Crippen molar-refractivity contribution in [1.82, 2.24) is 4.98 Å². The molecule has 1 N–H and O–H groups in total. The summed E-state index contributed by atoms with van der Waals surface area (Å²) >= 11 is 3.16. The quantitative estimate of drug-likeness (QED) is 0.444. The Morgan fingerprint density at radius 3 is 2.61 bits per heavy atom. The van der Waals surface area contributed by atoms with E-state index in [2.05, 4.69) is 10.3 Å². The molecule has 0 fully saturated rings. The van der Waals surface area contributed by atoms with Crippen LogP contribution in [0.5, 0.6) is 0 Å². The van der Waals surface area contributed by atoms with E-state index >= 15 is 0 Å². The zero-order chi connectivity index (χ0) is 19.9. The monoisotopic (exact) mass is 412 g/mol. The number of carbonyl (C=O) groups is 2. The van der Waals surface area contributed by atoms with Gasteiger partial charge in [0.1, 0.15) is 4.34 Å². The van der Waals surface area contributed by atoms with Gasteiger partial charge in [-0.25, -0.2) is 9.78 Å². The van der Waals surface area contributed by atoms with Crippen LogP contribution in [0.2, 0.25) is 0 Å². The summed E-state index contributed by atoms with van der Waals surface area (Å²) in [4.78, 5) is 29.0. The molecule has 1 heterocycles. The maximum atomic E-state index is 12.5. The molecule has 0 saturated heterocycles. The molecule has 28 heavy (non-hydrogen) atoms. The minimum Gasteiger partial charge on any atom is -0.452 e. The highest BCUT2D eigenvalue weighted by Crippen LogP contribution is 2.27. The first kappa shape index (κ1) is 20.1. The minimum atomic E-state index is -0.508. The van der Waals surface area contributed by atoms with Crippen LogP contribution in [0.4, 0.5) is 5.69 Å². The second kappa shape index (κ2) is 9.52. The zero-order valence-electron chi connectivity index (χ0n) is 15.6. The van der Waals surface area contributed by atoms with Crippen LogP contribution in [0.3, 0.4) is 0 Å². The third-order valence-electron chi connectivity index (χ3n) is 3.94. The summed E-state index contributed by atoms with van der Waals surface area (Å²) in [5.41, 5.74) is 3.96. The molecule has 0 bridgehead atoms. The number of para-hydroxylation sites is 1. The van der Waals surface area contributed by atoms with E-state index in [9.17, 15) is 9.59 Å². The van der Waals surface area contributed by atoms with Gasteiger partial charge in [-0.2, -0.15) is 0 Å². The van der Waals surface area contributed by atoms with E-state index in [4.69, 9.17) is 4.74 Å². The number of thioether (sulfide) groups is 1. The van der Waals surface area contributed by atoms with Gasteiger partial charge in [0.15, 0.2) is 6.61 Å². The van der Waals surface area contributed by atoms with Crippen LogP contribution in [0.1, 0.15) is 27.2 Å². The van der Waals surface area contributed by atoms with Crippen LogP contribution >= 0.6 is 23.1 Å². The lowest BCUT2D eigenvalue weighted by Gasteiger charge is -2.10. The molecular formula is C21H20N2O3S2. The van der Waals surface area contributed by atoms with Gasteiger partial charge in [0.05, 0.1) is 5.56 Å². The summed E-state index contributed by atoms with van der Waals surface area (Å²) < 4.78 is 6.18. The van der Waals surface area contributed by atoms with E-state index in [0.29, 0.717) is 17.0 Å². The molecule has 0 saturated carbocycles. The van der Waals surface area contributed by atoms with Gasteiger partial charge in [0, 0.05) is 22.5 Å². The number of anilines is 1. The van der Waals surface area contributed by atoms with Gasteiger partial charge in [-0.1, -0.05) is 48.2 Å². The van der Waals surface area contributed by atoms with Crippen LogP contribution in [-0.4, -0.2) is 23.5 Å². The Labute approximate surface area is 172 Å². The fourth-order valence-electron chi connectivity index (χ4n) is 2.49. The molecule has 0 aliphatic carbocycles. The number of nitrogens with one attached hydrogen (secondary N) is 1. The maximum Gasteiger partial charge on any atom is 0.338 e. The molecule has 0 aliphatic rings. The molecular weight excluding hydrogens is 392 g/mol. The first-order chi connectivity index (χ1) is 13.5. The second-order valence-corrected chi connectivity index (χ2v) is 8.22. The maximum absolute atomic E-state index is 12.5. The van der Waals surface area contributed by atoms with Gasteiger partial charge in [0.2, 0.25) is 0 Å². The number of carbonyl (C=O) groups excluding carboxylic acids is 2. The zero-order valence-corrected chi connectivity index (χ0v) is 17.2. The molecule has 0 spiro atoms. The molecule has 5 nitrogen and oxygen atoms in total. The van der Waals surface area contributed by atoms with Crippen molar-refractivity contribution in [3.05, 3.63) is 76.3 Å². The average Bonchev–Trinajstić information content (AvgIpc) is 3.12. The Bertz CT molecular complexity index is 985. The molecule has 1 aromatic heterocycles. The molecule has 3 rings (SSSR count). The van der Waals surface area contributed by atoms with Gasteiger partial charge >= 0.3 is 5.97 Å². The predicted molar refractivity (Wildman–Crippen MR) is 113 cm³/mol. The smallest absolute Gasteiger partial charge is 0.338 e. The van der Waals surface area contributed by atoms with Crippen molar-refractivity contribution in [3.63, 3.8) is 0 Å². The molecule has 2 aromatic carbocycles. The van der Waals surface area contributed by atoms with Crippen LogP contribution in [0.15, 0.2) is 58.3 Å². The first-order valence-electron chi connectivity index (χ1n) is 8.68. The van der Waals surface area contributed by atoms with Crippen molar-refractivity contribution in [1.29, 1.82) is 0 Å². The normalized spacial score (nSPS) is 10.5. The summed E-state index contributed by atoms with van der Waals surface area (Å²) in [5, 5.41) is 4.75. The number of nitrogens with zero attached hydrogens (tertiary/aromatic N) is 1. The van der Waals surface area contributed by atoms with Crippen LogP contribution in [-0.2, 0) is 15.3 Å². The van der Waals surface area contributed by atoms with Crippen molar-refractivity contribution in [2.45, 2.75) is 23.9 Å². The lowest BCUT2D eigenvalue weighted by Crippen LogP contribution is -2.21. The van der Waals surface area contributed by atoms with E-state index in [1.165, 1.54) is 0 Å². The number of hydrogen-bond acceptors (Lipinski definition) is 6. The van der Waals surface area contributed by atoms with Crippen molar-refractivity contribution in [3.8, 4) is 0 Å². The van der Waals surface area contributed by atoms with Gasteiger partial charge in [-0.3, -0.25) is 4.79 Å². The van der Waals surface area contributed by atoms with Crippen molar-refractivity contribution >= 4 is 40.7 Å². The van der Waals surface area contributed by atoms with Crippen LogP contribution in [0, 0.1) is 13.8 Å². The van der Waals surface area contributed by atoms with E-state index in [1.807, 2.05) is 55.6 Å². The second-order valence-electron chi connectivity index (χ2n) is 6.14. The van der Waals surface area contributed by atoms with Gasteiger partial charge < -0.3 is 10.1 Å². The molecule has 0 aliphatic heterocycles. The van der Waals surface area contributed by atoms with Crippen molar-refractivity contribution in [2.24, 2.45) is 0 Å². The van der Waals surface area contributed by atoms with E-state index < -0.39 is 5.97 Å². The minimum absolute atomic E-state index is 0.333. The van der Waals surface area contributed by atoms with Crippen molar-refractivity contribution < 1.29 is 14.3 Å². The number of rotatable bonds is 7.